The van der Waals surface area contributed by atoms with E-state index in [4.69, 9.17) is 0 Å². The van der Waals surface area contributed by atoms with Crippen LogP contribution in [0, 0.1) is 5.92 Å². The van der Waals surface area contributed by atoms with Crippen LogP contribution in [0.2, 0.25) is 0 Å². The van der Waals surface area contributed by atoms with Gasteiger partial charge in [0.05, 0.1) is 18.6 Å². The summed E-state index contributed by atoms with van der Waals surface area (Å²) in [5.41, 5.74) is 0. The third-order valence-corrected chi connectivity index (χ3v) is 4.00. The summed E-state index contributed by atoms with van der Waals surface area (Å²) in [7, 11) is 0. The Balaban J connectivity index is 2.37. The van der Waals surface area contributed by atoms with Gasteiger partial charge in [-0.05, 0) is 46.0 Å². The fourth-order valence-electron chi connectivity index (χ4n) is 2.65. The summed E-state index contributed by atoms with van der Waals surface area (Å²) in [6.45, 7) is 4.35. The van der Waals surface area contributed by atoms with Gasteiger partial charge in [-0.3, -0.25) is 9.59 Å². The lowest BCUT2D eigenvalue weighted by Crippen LogP contribution is -2.42. The van der Waals surface area contributed by atoms with Gasteiger partial charge in [-0.2, -0.15) is 0 Å². The molecule has 1 amide bonds. The predicted octanol–water partition coefficient (Wildman–Crippen LogP) is 2.31. The van der Waals surface area contributed by atoms with E-state index in [0.29, 0.717) is 13.0 Å². The van der Waals surface area contributed by atoms with Crippen molar-refractivity contribution in [2.24, 2.45) is 5.92 Å². The maximum atomic E-state index is 12.3. The Morgan fingerprint density at radius 1 is 1.40 bits per heavy atom. The summed E-state index contributed by atoms with van der Waals surface area (Å²) in [6, 6.07) is -0.0903. The van der Waals surface area contributed by atoms with Crippen molar-refractivity contribution in [2.75, 3.05) is 13.2 Å². The monoisotopic (exact) mass is 281 g/mol. The quantitative estimate of drug-likeness (QED) is 0.422. The van der Waals surface area contributed by atoms with Gasteiger partial charge in [0.25, 0.3) is 0 Å². The SMILES string of the molecule is C/C=C/CCCCC(=O)[C@H](C)C(=O)N1CCC[C@H]1CO. The van der Waals surface area contributed by atoms with E-state index in [1.165, 1.54) is 0 Å². The molecule has 1 aliphatic rings. The fourth-order valence-corrected chi connectivity index (χ4v) is 2.65. The van der Waals surface area contributed by atoms with E-state index in [1.807, 2.05) is 13.0 Å². The third kappa shape index (κ3) is 4.75. The number of carbonyl (C=O) groups is 2. The number of allylic oxidation sites excluding steroid dienone is 2. The Morgan fingerprint density at radius 3 is 2.80 bits per heavy atom. The number of Topliss-reactive ketones (excluding diaryl/α,β-unsaturated/α-hetero) is 1. The number of hydrogen-bond donors (Lipinski definition) is 1. The maximum absolute atomic E-state index is 12.3. The van der Waals surface area contributed by atoms with Gasteiger partial charge in [0.15, 0.2) is 0 Å². The summed E-state index contributed by atoms with van der Waals surface area (Å²) in [5.74, 6) is -0.650. The topological polar surface area (TPSA) is 57.6 Å². The number of ketones is 1. The Bertz CT molecular complexity index is 352. The lowest BCUT2D eigenvalue weighted by molar-refractivity contribution is -0.141. The number of rotatable bonds is 8. The van der Waals surface area contributed by atoms with E-state index in [2.05, 4.69) is 6.08 Å². The first-order valence-corrected chi connectivity index (χ1v) is 7.67. The number of aliphatic hydroxyl groups is 1. The Hall–Kier alpha value is -1.16. The third-order valence-electron chi connectivity index (χ3n) is 4.00. The van der Waals surface area contributed by atoms with Gasteiger partial charge in [0.1, 0.15) is 5.78 Å². The maximum Gasteiger partial charge on any atom is 0.233 e. The zero-order valence-corrected chi connectivity index (χ0v) is 12.7. The summed E-state index contributed by atoms with van der Waals surface area (Å²) < 4.78 is 0. The highest BCUT2D eigenvalue weighted by atomic mass is 16.3. The summed E-state index contributed by atoms with van der Waals surface area (Å²) in [4.78, 5) is 26.0. The molecule has 1 aliphatic heterocycles. The van der Waals surface area contributed by atoms with E-state index >= 15 is 0 Å². The van der Waals surface area contributed by atoms with Crippen LogP contribution >= 0.6 is 0 Å². The number of unbranched alkanes of at least 4 members (excludes halogenated alkanes) is 2. The summed E-state index contributed by atoms with van der Waals surface area (Å²) in [6.07, 6.45) is 9.15. The van der Waals surface area contributed by atoms with Crippen LogP contribution in [0.25, 0.3) is 0 Å². The molecule has 0 aliphatic carbocycles. The van der Waals surface area contributed by atoms with Gasteiger partial charge in [-0.25, -0.2) is 0 Å². The minimum atomic E-state index is -0.566. The molecule has 0 bridgehead atoms. The van der Waals surface area contributed by atoms with Gasteiger partial charge >= 0.3 is 0 Å². The molecule has 1 fully saturated rings. The highest BCUT2D eigenvalue weighted by Crippen LogP contribution is 2.20. The molecule has 4 nitrogen and oxygen atoms in total. The molecule has 1 N–H and O–H groups in total. The van der Waals surface area contributed by atoms with Crippen molar-refractivity contribution in [3.8, 4) is 0 Å². The molecular formula is C16H27NO3. The highest BCUT2D eigenvalue weighted by molar-refractivity contribution is 6.01. The van der Waals surface area contributed by atoms with E-state index in [0.717, 1.165) is 32.1 Å². The van der Waals surface area contributed by atoms with Gasteiger partial charge in [-0.15, -0.1) is 0 Å². The largest absolute Gasteiger partial charge is 0.394 e. The minimum Gasteiger partial charge on any atom is -0.394 e. The molecule has 0 unspecified atom stereocenters. The zero-order chi connectivity index (χ0) is 15.0. The van der Waals surface area contributed by atoms with Crippen LogP contribution < -0.4 is 0 Å². The number of likely N-dealkylation sites (tertiary alicyclic amines) is 1. The number of aliphatic hydroxyl groups excluding tert-OH is 1. The second kappa shape index (κ2) is 8.90. The average molecular weight is 281 g/mol. The normalized spacial score (nSPS) is 20.6. The van der Waals surface area contributed by atoms with Gasteiger partial charge < -0.3 is 10.0 Å². The Labute approximate surface area is 121 Å². The van der Waals surface area contributed by atoms with Crippen LogP contribution in [0.5, 0.6) is 0 Å². The van der Waals surface area contributed by atoms with E-state index in [-0.39, 0.29) is 24.3 Å². The fraction of sp³-hybridized carbons (Fsp3) is 0.750. The van der Waals surface area contributed by atoms with Crippen LogP contribution in [0.3, 0.4) is 0 Å². The van der Waals surface area contributed by atoms with Crippen LogP contribution in [-0.4, -0.2) is 40.9 Å². The molecule has 114 valence electrons. The molecule has 0 saturated carbocycles. The smallest absolute Gasteiger partial charge is 0.233 e. The molecule has 20 heavy (non-hydrogen) atoms. The van der Waals surface area contributed by atoms with Gasteiger partial charge in [0.2, 0.25) is 5.91 Å². The van der Waals surface area contributed by atoms with Crippen LogP contribution in [0.4, 0.5) is 0 Å². The number of hydrogen-bond acceptors (Lipinski definition) is 3. The standard InChI is InChI=1S/C16H27NO3/c1-3-4-5-6-7-10-15(19)13(2)16(20)17-11-8-9-14(17)12-18/h3-4,13-14,18H,5-12H2,1-2H3/b4-3+/t13-,14-/m0/s1. The van der Waals surface area contributed by atoms with E-state index in [9.17, 15) is 14.7 Å². The zero-order valence-electron chi connectivity index (χ0n) is 12.7. The van der Waals surface area contributed by atoms with Crippen molar-refractivity contribution >= 4 is 11.7 Å². The Kier molecular flexibility index (Phi) is 7.52. The second-order valence-electron chi connectivity index (χ2n) is 5.51. The molecule has 0 spiro atoms. The lowest BCUT2D eigenvalue weighted by Gasteiger charge is -2.25. The molecule has 0 aromatic carbocycles. The molecule has 0 radical (unpaired) electrons. The molecule has 1 heterocycles. The van der Waals surface area contributed by atoms with E-state index < -0.39 is 5.92 Å². The highest BCUT2D eigenvalue weighted by Gasteiger charge is 2.33. The molecule has 1 rings (SSSR count). The molecule has 1 saturated heterocycles. The molecule has 0 aromatic heterocycles. The summed E-state index contributed by atoms with van der Waals surface area (Å²) in [5, 5.41) is 9.24. The summed E-state index contributed by atoms with van der Waals surface area (Å²) >= 11 is 0. The molecular weight excluding hydrogens is 254 g/mol. The van der Waals surface area contributed by atoms with Gasteiger partial charge in [-0.1, -0.05) is 12.2 Å². The predicted molar refractivity (Wildman–Crippen MR) is 79.3 cm³/mol. The lowest BCUT2D eigenvalue weighted by atomic mass is 9.99. The molecule has 2 atom stereocenters. The van der Waals surface area contributed by atoms with Crippen LogP contribution in [0.15, 0.2) is 12.2 Å². The van der Waals surface area contributed by atoms with Gasteiger partial charge in [0, 0.05) is 13.0 Å². The second-order valence-corrected chi connectivity index (χ2v) is 5.51. The first-order chi connectivity index (χ1) is 9.61. The van der Waals surface area contributed by atoms with Crippen molar-refractivity contribution in [3.63, 3.8) is 0 Å². The van der Waals surface area contributed by atoms with Crippen molar-refractivity contribution in [3.05, 3.63) is 12.2 Å². The van der Waals surface area contributed by atoms with Crippen molar-refractivity contribution in [2.45, 2.75) is 58.4 Å². The minimum absolute atomic E-state index is 0.00397. The van der Waals surface area contributed by atoms with Crippen LogP contribution in [-0.2, 0) is 9.59 Å². The first kappa shape index (κ1) is 16.9. The number of nitrogens with zero attached hydrogens (tertiary/aromatic N) is 1. The molecule has 4 heteroatoms. The first-order valence-electron chi connectivity index (χ1n) is 7.67. The van der Waals surface area contributed by atoms with Crippen molar-refractivity contribution in [1.29, 1.82) is 0 Å². The van der Waals surface area contributed by atoms with Crippen molar-refractivity contribution < 1.29 is 14.7 Å². The Morgan fingerprint density at radius 2 is 2.15 bits per heavy atom. The molecule has 0 aromatic rings. The number of carbonyl (C=O) groups excluding carboxylic acids is 2. The van der Waals surface area contributed by atoms with E-state index in [1.54, 1.807) is 11.8 Å². The average Bonchev–Trinajstić information content (AvgIpc) is 2.93. The number of amides is 1. The van der Waals surface area contributed by atoms with Crippen molar-refractivity contribution in [1.82, 2.24) is 4.90 Å². The van der Waals surface area contributed by atoms with Crippen LogP contribution in [0.1, 0.15) is 52.4 Å².